The van der Waals surface area contributed by atoms with Gasteiger partial charge in [0.05, 0.1) is 6.10 Å². The maximum absolute atomic E-state index is 5.45. The van der Waals surface area contributed by atoms with Crippen LogP contribution < -0.4 is 10.6 Å². The van der Waals surface area contributed by atoms with E-state index >= 15 is 0 Å². The molecule has 0 saturated carbocycles. The fourth-order valence-corrected chi connectivity index (χ4v) is 1.84. The van der Waals surface area contributed by atoms with Crippen molar-refractivity contribution in [2.75, 3.05) is 13.2 Å². The molecule has 1 heterocycles. The molecule has 2 unspecified atom stereocenters. The zero-order chi connectivity index (χ0) is 9.68. The minimum Gasteiger partial charge on any atom is -0.378 e. The highest BCUT2D eigenvalue weighted by Gasteiger charge is 2.19. The third kappa shape index (κ3) is 3.91. The molecule has 1 fully saturated rings. The lowest BCUT2D eigenvalue weighted by molar-refractivity contribution is 0.0166. The lowest BCUT2D eigenvalue weighted by Crippen LogP contribution is -2.45. The summed E-state index contributed by atoms with van der Waals surface area (Å²) in [5, 5.41) is 7.14. The van der Waals surface area contributed by atoms with Gasteiger partial charge in [-0.25, -0.2) is 0 Å². The molecule has 0 radical (unpaired) electrons. The Morgan fingerprint density at radius 1 is 1.62 bits per heavy atom. The molecular weight excluding hydrogens is 184 g/mol. The average molecular weight is 202 g/mol. The zero-order valence-corrected chi connectivity index (χ0v) is 9.12. The molecule has 0 amide bonds. The van der Waals surface area contributed by atoms with Crippen LogP contribution in [0.25, 0.3) is 0 Å². The van der Waals surface area contributed by atoms with E-state index in [1.54, 1.807) is 0 Å². The Labute approximate surface area is 85.2 Å². The van der Waals surface area contributed by atoms with E-state index < -0.39 is 0 Å². The summed E-state index contributed by atoms with van der Waals surface area (Å²) in [6.45, 7) is 5.86. The van der Waals surface area contributed by atoms with Gasteiger partial charge in [-0.1, -0.05) is 0 Å². The van der Waals surface area contributed by atoms with Crippen LogP contribution in [-0.4, -0.2) is 30.4 Å². The molecule has 1 aliphatic rings. The highest BCUT2D eigenvalue weighted by atomic mass is 32.1. The SMILES string of the molecule is CCNC(=S)NC1CCOC(C)C1. The Hall–Kier alpha value is -0.350. The molecule has 3 nitrogen and oxygen atoms in total. The van der Waals surface area contributed by atoms with E-state index in [4.69, 9.17) is 17.0 Å². The molecule has 0 aliphatic carbocycles. The fourth-order valence-electron chi connectivity index (χ4n) is 1.53. The van der Waals surface area contributed by atoms with E-state index in [1.165, 1.54) is 0 Å². The first-order chi connectivity index (χ1) is 6.22. The lowest BCUT2D eigenvalue weighted by Gasteiger charge is -2.28. The highest BCUT2D eigenvalue weighted by molar-refractivity contribution is 7.80. The molecule has 1 saturated heterocycles. The topological polar surface area (TPSA) is 33.3 Å². The minimum atomic E-state index is 0.357. The van der Waals surface area contributed by atoms with Crippen molar-refractivity contribution in [1.82, 2.24) is 10.6 Å². The predicted octanol–water partition coefficient (Wildman–Crippen LogP) is 1.04. The van der Waals surface area contributed by atoms with Crippen molar-refractivity contribution in [3.63, 3.8) is 0 Å². The van der Waals surface area contributed by atoms with E-state index in [-0.39, 0.29) is 0 Å². The van der Waals surface area contributed by atoms with E-state index in [0.29, 0.717) is 12.1 Å². The van der Waals surface area contributed by atoms with Crippen molar-refractivity contribution in [1.29, 1.82) is 0 Å². The van der Waals surface area contributed by atoms with Gasteiger partial charge in [0, 0.05) is 19.2 Å². The van der Waals surface area contributed by atoms with Gasteiger partial charge in [0.2, 0.25) is 0 Å². The van der Waals surface area contributed by atoms with Crippen LogP contribution in [0.4, 0.5) is 0 Å². The Balaban J connectivity index is 2.23. The van der Waals surface area contributed by atoms with Crippen molar-refractivity contribution in [3.8, 4) is 0 Å². The Kier molecular flexibility index (Phi) is 4.45. The molecule has 2 N–H and O–H groups in total. The Bertz CT molecular complexity index is 175. The summed E-state index contributed by atoms with van der Waals surface area (Å²) in [7, 11) is 0. The Morgan fingerprint density at radius 2 is 2.38 bits per heavy atom. The van der Waals surface area contributed by atoms with Crippen LogP contribution in [0.3, 0.4) is 0 Å². The molecule has 76 valence electrons. The minimum absolute atomic E-state index is 0.357. The van der Waals surface area contributed by atoms with Gasteiger partial charge in [0.1, 0.15) is 0 Å². The zero-order valence-electron chi connectivity index (χ0n) is 8.30. The van der Waals surface area contributed by atoms with Gasteiger partial charge in [0.25, 0.3) is 0 Å². The van der Waals surface area contributed by atoms with Gasteiger partial charge >= 0.3 is 0 Å². The van der Waals surface area contributed by atoms with Crippen LogP contribution in [0.5, 0.6) is 0 Å². The quantitative estimate of drug-likeness (QED) is 0.656. The van der Waals surface area contributed by atoms with Gasteiger partial charge in [0.15, 0.2) is 5.11 Å². The first-order valence-electron chi connectivity index (χ1n) is 4.88. The number of nitrogens with one attached hydrogen (secondary N) is 2. The summed E-state index contributed by atoms with van der Waals surface area (Å²) < 4.78 is 5.45. The van der Waals surface area contributed by atoms with Gasteiger partial charge < -0.3 is 15.4 Å². The molecule has 0 aromatic rings. The maximum atomic E-state index is 5.45. The largest absolute Gasteiger partial charge is 0.378 e. The molecule has 0 spiro atoms. The van der Waals surface area contributed by atoms with Crippen molar-refractivity contribution in [2.24, 2.45) is 0 Å². The molecule has 1 aliphatic heterocycles. The number of ether oxygens (including phenoxy) is 1. The molecule has 0 aromatic heterocycles. The highest BCUT2D eigenvalue weighted by Crippen LogP contribution is 2.12. The third-order valence-corrected chi connectivity index (χ3v) is 2.42. The lowest BCUT2D eigenvalue weighted by atomic mass is 10.1. The molecule has 0 bridgehead atoms. The number of hydrogen-bond donors (Lipinski definition) is 2. The summed E-state index contributed by atoms with van der Waals surface area (Å²) in [5.74, 6) is 0. The maximum Gasteiger partial charge on any atom is 0.166 e. The van der Waals surface area contributed by atoms with Crippen molar-refractivity contribution in [2.45, 2.75) is 38.8 Å². The standard InChI is InChI=1S/C9H18N2OS/c1-3-10-9(13)11-8-4-5-12-7(2)6-8/h7-8H,3-6H2,1-2H3,(H2,10,11,13). The molecule has 13 heavy (non-hydrogen) atoms. The van der Waals surface area contributed by atoms with E-state index in [1.807, 2.05) is 6.92 Å². The molecule has 1 rings (SSSR count). The second kappa shape index (κ2) is 5.40. The number of thiocarbonyl (C=S) groups is 1. The van der Waals surface area contributed by atoms with E-state index in [2.05, 4.69) is 17.6 Å². The second-order valence-corrected chi connectivity index (χ2v) is 3.81. The molecule has 4 heteroatoms. The van der Waals surface area contributed by atoms with Crippen LogP contribution in [0.1, 0.15) is 26.7 Å². The first-order valence-corrected chi connectivity index (χ1v) is 5.29. The van der Waals surface area contributed by atoms with E-state index in [0.717, 1.165) is 31.1 Å². The average Bonchev–Trinajstić information content (AvgIpc) is 2.04. The summed E-state index contributed by atoms with van der Waals surface area (Å²) in [5.41, 5.74) is 0. The smallest absolute Gasteiger partial charge is 0.166 e. The molecule has 2 atom stereocenters. The van der Waals surface area contributed by atoms with Gasteiger partial charge in [-0.15, -0.1) is 0 Å². The van der Waals surface area contributed by atoms with Crippen LogP contribution in [0.15, 0.2) is 0 Å². The number of hydrogen-bond acceptors (Lipinski definition) is 2. The summed E-state index contributed by atoms with van der Waals surface area (Å²) in [6.07, 6.45) is 2.46. The van der Waals surface area contributed by atoms with Crippen LogP contribution in [-0.2, 0) is 4.74 Å². The molecule has 0 aromatic carbocycles. The predicted molar refractivity (Wildman–Crippen MR) is 57.8 cm³/mol. The number of rotatable bonds is 2. The van der Waals surface area contributed by atoms with Crippen molar-refractivity contribution in [3.05, 3.63) is 0 Å². The van der Waals surface area contributed by atoms with Gasteiger partial charge in [-0.3, -0.25) is 0 Å². The van der Waals surface area contributed by atoms with Crippen LogP contribution >= 0.6 is 12.2 Å². The van der Waals surface area contributed by atoms with E-state index in [9.17, 15) is 0 Å². The van der Waals surface area contributed by atoms with Crippen LogP contribution in [0, 0.1) is 0 Å². The summed E-state index contributed by atoms with van der Waals surface area (Å²) in [4.78, 5) is 0. The molecular formula is C9H18N2OS. The van der Waals surface area contributed by atoms with Gasteiger partial charge in [-0.2, -0.15) is 0 Å². The monoisotopic (exact) mass is 202 g/mol. The van der Waals surface area contributed by atoms with Crippen molar-refractivity contribution >= 4 is 17.3 Å². The Morgan fingerprint density at radius 3 is 3.00 bits per heavy atom. The first kappa shape index (κ1) is 10.7. The second-order valence-electron chi connectivity index (χ2n) is 3.41. The van der Waals surface area contributed by atoms with Gasteiger partial charge in [-0.05, 0) is 38.9 Å². The van der Waals surface area contributed by atoms with Crippen molar-refractivity contribution < 1.29 is 4.74 Å². The summed E-state index contributed by atoms with van der Waals surface area (Å²) in [6, 6.07) is 0.482. The fraction of sp³-hybridized carbons (Fsp3) is 0.889. The summed E-state index contributed by atoms with van der Waals surface area (Å²) >= 11 is 5.11. The normalized spacial score (nSPS) is 28.2. The van der Waals surface area contributed by atoms with Crippen LogP contribution in [0.2, 0.25) is 0 Å². The third-order valence-electron chi connectivity index (χ3n) is 2.16.